The number of nitrogens with one attached hydrogen (secondary N) is 1. The van der Waals surface area contributed by atoms with E-state index in [0.717, 1.165) is 0 Å². The number of sulfonamides is 1. The van der Waals surface area contributed by atoms with Crippen LogP contribution in [0.1, 0.15) is 0 Å². The Morgan fingerprint density at radius 2 is 1.80 bits per heavy atom. The highest BCUT2D eigenvalue weighted by molar-refractivity contribution is 14.1. The summed E-state index contributed by atoms with van der Waals surface area (Å²) < 4.78 is 40.3. The fraction of sp³-hybridized carbons (Fsp3) is 0. The second kappa shape index (κ2) is 6.05. The molecule has 2 aromatic rings. The molecule has 0 amide bonds. The zero-order chi connectivity index (χ0) is 14.9. The molecular weight excluding hydrogens is 439 g/mol. The summed E-state index contributed by atoms with van der Waals surface area (Å²) in [6, 6.07) is 7.87. The van der Waals surface area contributed by atoms with Crippen LogP contribution in [0.15, 0.2) is 41.3 Å². The maximum atomic E-state index is 13.0. The van der Waals surface area contributed by atoms with Gasteiger partial charge in [0.15, 0.2) is 0 Å². The molecule has 2 rings (SSSR count). The van der Waals surface area contributed by atoms with Crippen LogP contribution in [-0.4, -0.2) is 8.42 Å². The first-order chi connectivity index (χ1) is 9.29. The minimum atomic E-state index is -3.90. The summed E-state index contributed by atoms with van der Waals surface area (Å²) in [5, 5.41) is 0.308. The average Bonchev–Trinajstić information content (AvgIpc) is 2.35. The molecule has 8 heteroatoms. The molecule has 1 N–H and O–H groups in total. The van der Waals surface area contributed by atoms with Crippen LogP contribution in [0.3, 0.4) is 0 Å². The van der Waals surface area contributed by atoms with Crippen molar-refractivity contribution in [1.29, 1.82) is 0 Å². The summed E-state index contributed by atoms with van der Waals surface area (Å²) in [5.41, 5.74) is 0.267. The van der Waals surface area contributed by atoms with Crippen molar-refractivity contribution in [3.8, 4) is 0 Å². The van der Waals surface area contributed by atoms with E-state index < -0.39 is 15.8 Å². The summed E-state index contributed by atoms with van der Waals surface area (Å²) in [6.07, 6.45) is 0. The van der Waals surface area contributed by atoms with Crippen LogP contribution in [0, 0.1) is 9.39 Å². The molecule has 2 aromatic carbocycles. The standard InChI is InChI=1S/C12H7Cl2FINO2S/c13-7-1-3-9(14)12(5-7)20(18,19)17-11-4-2-8(15)6-10(11)16/h1-6,17H. The second-order valence-electron chi connectivity index (χ2n) is 3.80. The molecule has 0 aliphatic heterocycles. The molecule has 0 bridgehead atoms. The summed E-state index contributed by atoms with van der Waals surface area (Å²) in [7, 11) is -3.90. The lowest BCUT2D eigenvalue weighted by atomic mass is 10.3. The van der Waals surface area contributed by atoms with E-state index in [9.17, 15) is 12.8 Å². The minimum Gasteiger partial charge on any atom is -0.279 e. The first-order valence-electron chi connectivity index (χ1n) is 5.22. The molecular formula is C12H7Cl2FINO2S. The Morgan fingerprint density at radius 3 is 2.45 bits per heavy atom. The van der Waals surface area contributed by atoms with Gasteiger partial charge in [-0.2, -0.15) is 0 Å². The topological polar surface area (TPSA) is 46.2 Å². The minimum absolute atomic E-state index is 0.0546. The normalized spacial score (nSPS) is 11.4. The van der Waals surface area contributed by atoms with Gasteiger partial charge in [0.25, 0.3) is 10.0 Å². The van der Waals surface area contributed by atoms with Gasteiger partial charge in [-0.1, -0.05) is 23.2 Å². The molecule has 3 nitrogen and oxygen atoms in total. The van der Waals surface area contributed by atoms with Crippen LogP contribution < -0.4 is 4.72 Å². The predicted octanol–water partition coefficient (Wildman–Crippen LogP) is 4.54. The molecule has 0 atom stereocenters. The smallest absolute Gasteiger partial charge is 0.263 e. The van der Waals surface area contributed by atoms with E-state index in [4.69, 9.17) is 23.2 Å². The third kappa shape index (κ3) is 3.55. The highest BCUT2D eigenvalue weighted by Crippen LogP contribution is 2.28. The first-order valence-corrected chi connectivity index (χ1v) is 8.54. The number of hydrogen-bond acceptors (Lipinski definition) is 2. The molecule has 0 radical (unpaired) electrons. The molecule has 20 heavy (non-hydrogen) atoms. The van der Waals surface area contributed by atoms with Crippen molar-refractivity contribution in [2.75, 3.05) is 4.72 Å². The lowest BCUT2D eigenvalue weighted by molar-refractivity contribution is 0.601. The van der Waals surface area contributed by atoms with Gasteiger partial charge in [0.05, 0.1) is 10.7 Å². The van der Waals surface area contributed by atoms with Crippen LogP contribution in [0.25, 0.3) is 0 Å². The van der Waals surface area contributed by atoms with Crippen LogP contribution in [-0.2, 0) is 10.0 Å². The SMILES string of the molecule is O=S(=O)(Nc1ccc(F)cc1I)c1cc(Cl)ccc1Cl. The Bertz CT molecular complexity index is 768. The van der Waals surface area contributed by atoms with Gasteiger partial charge in [0, 0.05) is 8.59 Å². The van der Waals surface area contributed by atoms with Gasteiger partial charge in [-0.25, -0.2) is 12.8 Å². The highest BCUT2D eigenvalue weighted by atomic mass is 127. The fourth-order valence-corrected chi connectivity index (χ4v) is 4.09. The van der Waals surface area contributed by atoms with Gasteiger partial charge in [-0.3, -0.25) is 4.72 Å². The third-order valence-electron chi connectivity index (χ3n) is 2.36. The fourth-order valence-electron chi connectivity index (χ4n) is 1.46. The Balaban J connectivity index is 2.43. The van der Waals surface area contributed by atoms with E-state index in [2.05, 4.69) is 4.72 Å². The molecule has 0 aliphatic carbocycles. The van der Waals surface area contributed by atoms with Crippen molar-refractivity contribution < 1.29 is 12.8 Å². The van der Waals surface area contributed by atoms with E-state index in [-0.39, 0.29) is 20.6 Å². The summed E-state index contributed by atoms with van der Waals surface area (Å²) >= 11 is 13.5. The monoisotopic (exact) mass is 445 g/mol. The molecule has 0 heterocycles. The van der Waals surface area contributed by atoms with Gasteiger partial charge in [0.2, 0.25) is 0 Å². The van der Waals surface area contributed by atoms with Crippen LogP contribution in [0.4, 0.5) is 10.1 Å². The molecule has 0 spiro atoms. The molecule has 0 aliphatic rings. The van der Waals surface area contributed by atoms with Gasteiger partial charge in [-0.05, 0) is 59.0 Å². The zero-order valence-corrected chi connectivity index (χ0v) is 14.2. The van der Waals surface area contributed by atoms with Crippen LogP contribution in [0.2, 0.25) is 10.0 Å². The van der Waals surface area contributed by atoms with Crippen molar-refractivity contribution in [3.05, 3.63) is 55.8 Å². The predicted molar refractivity (Wildman–Crippen MR) is 86.4 cm³/mol. The number of benzene rings is 2. The van der Waals surface area contributed by atoms with E-state index in [1.54, 1.807) is 0 Å². The molecule has 0 fully saturated rings. The van der Waals surface area contributed by atoms with Gasteiger partial charge >= 0.3 is 0 Å². The Hall–Kier alpha value is -0.570. The number of rotatable bonds is 3. The summed E-state index contributed by atoms with van der Waals surface area (Å²) in [4.78, 5) is -0.133. The largest absolute Gasteiger partial charge is 0.279 e. The van der Waals surface area contributed by atoms with E-state index in [1.165, 1.54) is 36.4 Å². The second-order valence-corrected chi connectivity index (χ2v) is 7.46. The molecule has 0 aromatic heterocycles. The first kappa shape index (κ1) is 15.8. The van der Waals surface area contributed by atoms with Crippen molar-refractivity contribution >= 4 is 61.5 Å². The molecule has 0 saturated heterocycles. The van der Waals surface area contributed by atoms with Crippen molar-refractivity contribution in [2.24, 2.45) is 0 Å². The van der Waals surface area contributed by atoms with Crippen LogP contribution >= 0.6 is 45.8 Å². The van der Waals surface area contributed by atoms with E-state index >= 15 is 0 Å². The Kier molecular flexibility index (Phi) is 4.78. The number of anilines is 1. The number of halogens is 4. The van der Waals surface area contributed by atoms with E-state index in [0.29, 0.717) is 3.57 Å². The van der Waals surface area contributed by atoms with Crippen molar-refractivity contribution in [1.82, 2.24) is 0 Å². The molecule has 0 saturated carbocycles. The van der Waals surface area contributed by atoms with Gasteiger partial charge in [0.1, 0.15) is 10.7 Å². The third-order valence-corrected chi connectivity index (χ3v) is 5.33. The van der Waals surface area contributed by atoms with Gasteiger partial charge < -0.3 is 0 Å². The summed E-state index contributed by atoms with van der Waals surface area (Å²) in [6.45, 7) is 0. The van der Waals surface area contributed by atoms with Gasteiger partial charge in [-0.15, -0.1) is 0 Å². The van der Waals surface area contributed by atoms with Crippen molar-refractivity contribution in [3.63, 3.8) is 0 Å². The van der Waals surface area contributed by atoms with Crippen LogP contribution in [0.5, 0.6) is 0 Å². The molecule has 106 valence electrons. The Labute approximate surface area is 139 Å². The lowest BCUT2D eigenvalue weighted by Gasteiger charge is -2.11. The van der Waals surface area contributed by atoms with E-state index in [1.807, 2.05) is 22.6 Å². The summed E-state index contributed by atoms with van der Waals surface area (Å²) in [5.74, 6) is -0.446. The maximum absolute atomic E-state index is 13.0. The quantitative estimate of drug-likeness (QED) is 0.705. The lowest BCUT2D eigenvalue weighted by Crippen LogP contribution is -2.14. The van der Waals surface area contributed by atoms with Crippen molar-refractivity contribution in [2.45, 2.75) is 4.90 Å². The zero-order valence-electron chi connectivity index (χ0n) is 9.70. The molecule has 0 unspecified atom stereocenters. The number of hydrogen-bond donors (Lipinski definition) is 1. The maximum Gasteiger partial charge on any atom is 0.263 e. The Morgan fingerprint density at radius 1 is 1.10 bits per heavy atom. The highest BCUT2D eigenvalue weighted by Gasteiger charge is 2.19. The average molecular weight is 446 g/mol.